The molecular formula is C39H58N2O3. The predicted octanol–water partition coefficient (Wildman–Crippen LogP) is 9.58. The highest BCUT2D eigenvalue weighted by Crippen LogP contribution is 2.29. The van der Waals surface area contributed by atoms with E-state index in [0.29, 0.717) is 31.2 Å². The monoisotopic (exact) mass is 602 g/mol. The van der Waals surface area contributed by atoms with Gasteiger partial charge in [0, 0.05) is 25.2 Å². The Hall–Kier alpha value is -3.31. The Bertz CT molecular complexity index is 1160. The second kappa shape index (κ2) is 22.2. The maximum atomic E-state index is 13.9. The lowest BCUT2D eigenvalue weighted by Crippen LogP contribution is -2.39. The zero-order chi connectivity index (χ0) is 32.0. The highest BCUT2D eigenvalue weighted by Gasteiger charge is 2.19. The summed E-state index contributed by atoms with van der Waals surface area (Å²) in [6.45, 7) is 15.4. The molecule has 44 heavy (non-hydrogen) atoms. The summed E-state index contributed by atoms with van der Waals surface area (Å²) >= 11 is 0. The first-order valence-corrected chi connectivity index (χ1v) is 17.0. The van der Waals surface area contributed by atoms with Crippen LogP contribution in [0.2, 0.25) is 0 Å². The summed E-state index contributed by atoms with van der Waals surface area (Å²) in [6, 6.07) is 24.4. The van der Waals surface area contributed by atoms with Crippen LogP contribution in [0.3, 0.4) is 0 Å². The molecular weight excluding hydrogens is 544 g/mol. The van der Waals surface area contributed by atoms with E-state index in [1.807, 2.05) is 67.3 Å². The fourth-order valence-electron chi connectivity index (χ4n) is 5.08. The second-order valence-corrected chi connectivity index (χ2v) is 11.2. The lowest BCUT2D eigenvalue weighted by molar-refractivity contribution is 0.0720. The Kier molecular flexibility index (Phi) is 18.6. The lowest BCUT2D eigenvalue weighted by Gasteiger charge is -2.28. The molecule has 0 N–H and O–H groups in total. The summed E-state index contributed by atoms with van der Waals surface area (Å²) < 4.78 is 11.8. The van der Waals surface area contributed by atoms with Crippen LogP contribution in [0.5, 0.6) is 11.5 Å². The van der Waals surface area contributed by atoms with E-state index < -0.39 is 0 Å². The van der Waals surface area contributed by atoms with Crippen LogP contribution in [0.4, 0.5) is 0 Å². The van der Waals surface area contributed by atoms with Crippen molar-refractivity contribution in [3.05, 3.63) is 95.1 Å². The molecule has 0 fully saturated rings. The van der Waals surface area contributed by atoms with E-state index in [2.05, 4.69) is 49.9 Å². The van der Waals surface area contributed by atoms with Crippen LogP contribution in [-0.4, -0.2) is 49.0 Å². The molecule has 0 unspecified atom stereocenters. The first-order valence-electron chi connectivity index (χ1n) is 17.0. The summed E-state index contributed by atoms with van der Waals surface area (Å²) in [7, 11) is 1.66. The Morgan fingerprint density at radius 3 is 1.91 bits per heavy atom. The van der Waals surface area contributed by atoms with E-state index in [0.717, 1.165) is 42.7 Å². The van der Waals surface area contributed by atoms with Crippen LogP contribution in [0.25, 0.3) is 0 Å². The average molecular weight is 603 g/mol. The maximum absolute atomic E-state index is 13.9. The number of benzene rings is 3. The van der Waals surface area contributed by atoms with Crippen molar-refractivity contribution in [3.63, 3.8) is 0 Å². The van der Waals surface area contributed by atoms with Crippen LogP contribution in [0.1, 0.15) is 107 Å². The minimum absolute atomic E-state index is 0.0728. The summed E-state index contributed by atoms with van der Waals surface area (Å²) in [5.41, 5.74) is 4.17. The Morgan fingerprint density at radius 1 is 0.659 bits per heavy atom. The van der Waals surface area contributed by atoms with Gasteiger partial charge < -0.3 is 19.3 Å². The van der Waals surface area contributed by atoms with Crippen LogP contribution < -0.4 is 9.47 Å². The van der Waals surface area contributed by atoms with Gasteiger partial charge in [-0.2, -0.15) is 0 Å². The van der Waals surface area contributed by atoms with Crippen molar-refractivity contribution in [1.29, 1.82) is 0 Å². The van der Waals surface area contributed by atoms with Crippen LogP contribution in [-0.2, 0) is 19.6 Å². The van der Waals surface area contributed by atoms with E-state index >= 15 is 0 Å². The van der Waals surface area contributed by atoms with Crippen LogP contribution in [0.15, 0.2) is 72.8 Å². The van der Waals surface area contributed by atoms with E-state index in [1.165, 1.54) is 50.5 Å². The molecule has 0 aliphatic rings. The second-order valence-electron chi connectivity index (χ2n) is 11.2. The van der Waals surface area contributed by atoms with Gasteiger partial charge in [0.2, 0.25) is 0 Å². The Morgan fingerprint density at radius 2 is 1.30 bits per heavy atom. The number of unbranched alkanes of at least 4 members (excludes halogenated alkanes) is 4. The third-order valence-corrected chi connectivity index (χ3v) is 7.74. The third kappa shape index (κ3) is 13.1. The molecule has 1 amide bonds. The number of amides is 1. The summed E-state index contributed by atoms with van der Waals surface area (Å²) in [6.07, 6.45) is 9.40. The van der Waals surface area contributed by atoms with E-state index in [-0.39, 0.29) is 5.91 Å². The van der Waals surface area contributed by atoms with Gasteiger partial charge in [0.25, 0.3) is 5.91 Å². The lowest BCUT2D eigenvalue weighted by atomic mass is 10.0. The molecule has 0 atom stereocenters. The highest BCUT2D eigenvalue weighted by atomic mass is 16.5. The van der Waals surface area contributed by atoms with Crippen molar-refractivity contribution in [1.82, 2.24) is 9.80 Å². The summed E-state index contributed by atoms with van der Waals surface area (Å²) in [5, 5.41) is 0. The number of rotatable bonds is 20. The molecule has 0 aromatic heterocycles. The summed E-state index contributed by atoms with van der Waals surface area (Å²) in [5.74, 6) is 1.45. The zero-order valence-electron chi connectivity index (χ0n) is 28.4. The standard InChI is InChI=1S/C37H52N2O3.C2H6/c1-5-8-12-15-31-18-21-34(22-19-31)37(40)39(27-26-38(24-9-6-2)25-10-7-3)29-33-20-23-35(41-4)36(28-33)42-30-32-16-13-11-14-17-32;1-2/h11,13-14,16-23,28H,5-10,12,15,24-27,29-30H2,1-4H3;1-2H3. The molecule has 5 nitrogen and oxygen atoms in total. The van der Waals surface area contributed by atoms with Crippen molar-refractivity contribution in [2.75, 3.05) is 33.3 Å². The fraction of sp³-hybridized carbons (Fsp3) is 0.513. The molecule has 3 rings (SSSR count). The number of methoxy groups -OCH3 is 1. The molecule has 0 saturated carbocycles. The van der Waals surface area contributed by atoms with Gasteiger partial charge in [-0.1, -0.05) is 109 Å². The van der Waals surface area contributed by atoms with Gasteiger partial charge >= 0.3 is 0 Å². The largest absolute Gasteiger partial charge is 0.493 e. The first-order chi connectivity index (χ1) is 21.6. The van der Waals surface area contributed by atoms with Crippen molar-refractivity contribution < 1.29 is 14.3 Å². The molecule has 0 radical (unpaired) electrons. The van der Waals surface area contributed by atoms with Crippen molar-refractivity contribution in [2.24, 2.45) is 0 Å². The van der Waals surface area contributed by atoms with Crippen LogP contribution >= 0.6 is 0 Å². The molecule has 0 saturated heterocycles. The molecule has 3 aromatic rings. The minimum atomic E-state index is 0.0728. The van der Waals surface area contributed by atoms with Gasteiger partial charge in [-0.15, -0.1) is 0 Å². The number of carbonyl (C=O) groups excluding carboxylic acids is 1. The van der Waals surface area contributed by atoms with E-state index in [9.17, 15) is 4.79 Å². The number of carbonyl (C=O) groups is 1. The number of nitrogens with zero attached hydrogens (tertiary/aromatic N) is 2. The first kappa shape index (κ1) is 36.9. The van der Waals surface area contributed by atoms with E-state index in [1.54, 1.807) is 7.11 Å². The normalized spacial score (nSPS) is 10.7. The molecule has 0 aliphatic heterocycles. The molecule has 242 valence electrons. The van der Waals surface area contributed by atoms with Gasteiger partial charge in [0.05, 0.1) is 7.11 Å². The Labute approximate surface area is 268 Å². The third-order valence-electron chi connectivity index (χ3n) is 7.74. The van der Waals surface area contributed by atoms with Crippen molar-refractivity contribution in [2.45, 2.75) is 99.1 Å². The Balaban J connectivity index is 0.00000330. The maximum Gasteiger partial charge on any atom is 0.254 e. The van der Waals surface area contributed by atoms with Gasteiger partial charge in [-0.05, 0) is 79.7 Å². The number of aryl methyl sites for hydroxylation is 1. The van der Waals surface area contributed by atoms with Gasteiger partial charge in [0.1, 0.15) is 6.61 Å². The molecule has 0 heterocycles. The average Bonchev–Trinajstić information content (AvgIpc) is 3.08. The number of hydrogen-bond donors (Lipinski definition) is 0. The quantitative estimate of drug-likeness (QED) is 0.121. The van der Waals surface area contributed by atoms with Gasteiger partial charge in [0.15, 0.2) is 11.5 Å². The highest BCUT2D eigenvalue weighted by molar-refractivity contribution is 5.94. The van der Waals surface area contributed by atoms with Crippen LogP contribution in [0, 0.1) is 0 Å². The SMILES string of the molecule is CC.CCCCCc1ccc(C(=O)N(CCN(CCCC)CCCC)Cc2ccc(OC)c(OCc3ccccc3)c2)cc1. The molecule has 0 aliphatic carbocycles. The van der Waals surface area contributed by atoms with E-state index in [4.69, 9.17) is 9.47 Å². The molecule has 5 heteroatoms. The zero-order valence-corrected chi connectivity index (χ0v) is 28.4. The number of ether oxygens (including phenoxy) is 2. The predicted molar refractivity (Wildman–Crippen MR) is 186 cm³/mol. The fourth-order valence-corrected chi connectivity index (χ4v) is 5.08. The minimum Gasteiger partial charge on any atom is -0.493 e. The molecule has 0 spiro atoms. The smallest absolute Gasteiger partial charge is 0.254 e. The number of hydrogen-bond acceptors (Lipinski definition) is 4. The molecule has 3 aromatic carbocycles. The van der Waals surface area contributed by atoms with Gasteiger partial charge in [-0.3, -0.25) is 4.79 Å². The van der Waals surface area contributed by atoms with Gasteiger partial charge in [-0.25, -0.2) is 0 Å². The van der Waals surface area contributed by atoms with Crippen molar-refractivity contribution in [3.8, 4) is 11.5 Å². The topological polar surface area (TPSA) is 42.0 Å². The van der Waals surface area contributed by atoms with Crippen molar-refractivity contribution >= 4 is 5.91 Å². The summed E-state index contributed by atoms with van der Waals surface area (Å²) in [4.78, 5) is 18.5. The molecule has 0 bridgehead atoms.